The third-order valence-corrected chi connectivity index (χ3v) is 3.20. The molecule has 0 aromatic heterocycles. The number of benzene rings is 1. The molecule has 106 valence electrons. The summed E-state index contributed by atoms with van der Waals surface area (Å²) in [5.74, 6) is -0.314. The van der Waals surface area contributed by atoms with Crippen molar-refractivity contribution in [1.29, 1.82) is 0 Å². The van der Waals surface area contributed by atoms with Gasteiger partial charge in [0.1, 0.15) is 5.60 Å². The molecule has 2 aliphatic rings. The van der Waals surface area contributed by atoms with Gasteiger partial charge in [-0.15, -0.1) is 0 Å². The van der Waals surface area contributed by atoms with Gasteiger partial charge in [0.25, 0.3) is 0 Å². The molecule has 0 amide bonds. The Hall–Kier alpha value is -2.42. The maximum atomic E-state index is 12.4. The van der Waals surface area contributed by atoms with E-state index in [4.69, 9.17) is 4.74 Å². The van der Waals surface area contributed by atoms with Crippen LogP contribution in [0.5, 0.6) is 0 Å². The van der Waals surface area contributed by atoms with Crippen LogP contribution in [-0.4, -0.2) is 16.6 Å². The Bertz CT molecular complexity index is 787. The number of carbonyl (C=O) groups excluding carboxylic acids is 1. The fourth-order valence-electron chi connectivity index (χ4n) is 2.36. The smallest absolute Gasteiger partial charge is 0.338 e. The first-order chi connectivity index (χ1) is 9.94. The van der Waals surface area contributed by atoms with Crippen molar-refractivity contribution in [1.82, 2.24) is 4.98 Å². The molecule has 1 aromatic rings. The van der Waals surface area contributed by atoms with E-state index in [2.05, 4.69) is 4.98 Å². The molecule has 21 heavy (non-hydrogen) atoms. The van der Waals surface area contributed by atoms with Crippen molar-refractivity contribution in [3.63, 3.8) is 0 Å². The molecule has 1 aromatic carbocycles. The number of hydrogen-bond donors (Lipinski definition) is 0. The SMILES string of the molecule is CC(C)(C)OC(=O)c1cc2ccnc-2c2ccccc2c1. The third-order valence-electron chi connectivity index (χ3n) is 3.20. The van der Waals surface area contributed by atoms with Gasteiger partial charge in [0.2, 0.25) is 0 Å². The Morgan fingerprint density at radius 2 is 1.86 bits per heavy atom. The van der Waals surface area contributed by atoms with Gasteiger partial charge in [0.15, 0.2) is 0 Å². The molecule has 1 heterocycles. The zero-order chi connectivity index (χ0) is 15.0. The first-order valence-corrected chi connectivity index (χ1v) is 6.95. The van der Waals surface area contributed by atoms with Crippen LogP contribution in [-0.2, 0) is 4.74 Å². The number of ether oxygens (including phenoxy) is 1. The summed E-state index contributed by atoms with van der Waals surface area (Å²) >= 11 is 0. The van der Waals surface area contributed by atoms with Crippen LogP contribution in [0.2, 0.25) is 0 Å². The standard InChI is InChI=1S/C18H17NO2/c1-18(2,3)21-17(20)14-10-12-6-4-5-7-15(12)16-13(11-14)8-9-19-16/h4-11H,1-3H3. The molecule has 3 rings (SSSR count). The van der Waals surface area contributed by atoms with Gasteiger partial charge in [-0.2, -0.15) is 0 Å². The Labute approximate surface area is 123 Å². The number of rotatable bonds is 1. The topological polar surface area (TPSA) is 39.2 Å². The summed E-state index contributed by atoms with van der Waals surface area (Å²) in [5, 5.41) is 2.01. The van der Waals surface area contributed by atoms with Gasteiger partial charge in [0.05, 0.1) is 11.3 Å². The van der Waals surface area contributed by atoms with E-state index < -0.39 is 5.60 Å². The molecular weight excluding hydrogens is 262 g/mol. The summed E-state index contributed by atoms with van der Waals surface area (Å²) in [6.45, 7) is 5.60. The van der Waals surface area contributed by atoms with E-state index in [1.165, 1.54) is 0 Å². The lowest BCUT2D eigenvalue weighted by molar-refractivity contribution is 0.00698. The highest BCUT2D eigenvalue weighted by Crippen LogP contribution is 2.29. The van der Waals surface area contributed by atoms with Crippen LogP contribution >= 0.6 is 0 Å². The summed E-state index contributed by atoms with van der Waals surface area (Å²) in [6.07, 6.45) is 1.76. The maximum Gasteiger partial charge on any atom is 0.338 e. The number of aromatic nitrogens is 1. The lowest BCUT2D eigenvalue weighted by Gasteiger charge is -2.19. The lowest BCUT2D eigenvalue weighted by Crippen LogP contribution is -2.23. The van der Waals surface area contributed by atoms with Crippen LogP contribution in [0.3, 0.4) is 0 Å². The van der Waals surface area contributed by atoms with Gasteiger partial charge < -0.3 is 4.74 Å². The third kappa shape index (κ3) is 2.72. The molecular formula is C18H17NO2. The number of fused-ring (bicyclic) bond motifs is 3. The monoisotopic (exact) mass is 279 g/mol. The minimum Gasteiger partial charge on any atom is -0.456 e. The molecule has 0 atom stereocenters. The molecule has 0 saturated heterocycles. The summed E-state index contributed by atoms with van der Waals surface area (Å²) in [7, 11) is 0. The van der Waals surface area contributed by atoms with Crippen LogP contribution in [0.25, 0.3) is 22.0 Å². The summed E-state index contributed by atoms with van der Waals surface area (Å²) < 4.78 is 5.48. The Balaban J connectivity index is 2.20. The normalized spacial score (nSPS) is 11.8. The molecule has 0 saturated carbocycles. The van der Waals surface area contributed by atoms with Crippen molar-refractivity contribution < 1.29 is 9.53 Å². The van der Waals surface area contributed by atoms with Crippen molar-refractivity contribution in [3.8, 4) is 11.3 Å². The molecule has 0 radical (unpaired) electrons. The Morgan fingerprint density at radius 3 is 2.62 bits per heavy atom. The van der Waals surface area contributed by atoms with Gasteiger partial charge in [-0.05, 0) is 44.4 Å². The van der Waals surface area contributed by atoms with Gasteiger partial charge in [-0.1, -0.05) is 24.3 Å². The zero-order valence-corrected chi connectivity index (χ0v) is 12.4. The average molecular weight is 279 g/mol. The van der Waals surface area contributed by atoms with E-state index >= 15 is 0 Å². The molecule has 0 fully saturated rings. The van der Waals surface area contributed by atoms with Gasteiger partial charge in [-0.3, -0.25) is 4.98 Å². The van der Waals surface area contributed by atoms with Crippen molar-refractivity contribution in [2.75, 3.05) is 0 Å². The molecule has 3 nitrogen and oxygen atoms in total. The second kappa shape index (κ2) is 4.85. The van der Waals surface area contributed by atoms with Gasteiger partial charge >= 0.3 is 5.97 Å². The van der Waals surface area contributed by atoms with E-state index in [0.717, 1.165) is 22.0 Å². The zero-order valence-electron chi connectivity index (χ0n) is 12.4. The van der Waals surface area contributed by atoms with Crippen LogP contribution in [0.4, 0.5) is 0 Å². The van der Waals surface area contributed by atoms with E-state index in [1.54, 1.807) is 6.20 Å². The highest BCUT2D eigenvalue weighted by Gasteiger charge is 2.19. The van der Waals surface area contributed by atoms with Crippen molar-refractivity contribution >= 4 is 16.7 Å². The van der Waals surface area contributed by atoms with E-state index in [9.17, 15) is 4.79 Å². The molecule has 0 unspecified atom stereocenters. The number of esters is 1. The molecule has 1 aliphatic carbocycles. The largest absolute Gasteiger partial charge is 0.456 e. The van der Waals surface area contributed by atoms with Crippen LogP contribution < -0.4 is 0 Å². The molecule has 0 spiro atoms. The number of carbonyl (C=O) groups is 1. The van der Waals surface area contributed by atoms with Crippen LogP contribution in [0.15, 0.2) is 48.7 Å². The van der Waals surface area contributed by atoms with Crippen molar-refractivity contribution in [3.05, 3.63) is 54.2 Å². The minimum atomic E-state index is -0.509. The minimum absolute atomic E-state index is 0.314. The van der Waals surface area contributed by atoms with E-state index in [1.807, 2.05) is 63.2 Å². The first-order valence-electron chi connectivity index (χ1n) is 6.95. The van der Waals surface area contributed by atoms with Gasteiger partial charge in [0, 0.05) is 17.1 Å². The van der Waals surface area contributed by atoms with E-state index in [-0.39, 0.29) is 5.97 Å². The predicted octanol–water partition coefficient (Wildman–Crippen LogP) is 4.29. The van der Waals surface area contributed by atoms with Gasteiger partial charge in [-0.25, -0.2) is 4.79 Å². The summed E-state index contributed by atoms with van der Waals surface area (Å²) in [6, 6.07) is 13.6. The number of hydrogen-bond acceptors (Lipinski definition) is 3. The highest BCUT2D eigenvalue weighted by atomic mass is 16.6. The summed E-state index contributed by atoms with van der Waals surface area (Å²) in [4.78, 5) is 16.8. The second-order valence-corrected chi connectivity index (χ2v) is 6.08. The van der Waals surface area contributed by atoms with E-state index in [0.29, 0.717) is 5.56 Å². The fourth-order valence-corrected chi connectivity index (χ4v) is 2.36. The second-order valence-electron chi connectivity index (χ2n) is 6.08. The van der Waals surface area contributed by atoms with Crippen molar-refractivity contribution in [2.45, 2.75) is 26.4 Å². The lowest BCUT2D eigenvalue weighted by atomic mass is 10.1. The highest BCUT2D eigenvalue weighted by molar-refractivity contribution is 6.01. The maximum absolute atomic E-state index is 12.4. The quantitative estimate of drug-likeness (QED) is 0.624. The van der Waals surface area contributed by atoms with Crippen LogP contribution in [0, 0.1) is 0 Å². The summed E-state index contributed by atoms with van der Waals surface area (Å²) in [5.41, 5.74) is 1.88. The molecule has 0 N–H and O–H groups in total. The molecule has 1 aliphatic heterocycles. The fraction of sp³-hybridized carbons (Fsp3) is 0.222. The molecule has 0 bridgehead atoms. The first kappa shape index (κ1) is 13.6. The number of nitrogens with zero attached hydrogens (tertiary/aromatic N) is 1. The average Bonchev–Trinajstić information content (AvgIpc) is 2.79. The Kier molecular flexibility index (Phi) is 3.13. The Morgan fingerprint density at radius 1 is 1.10 bits per heavy atom. The predicted molar refractivity (Wildman–Crippen MR) is 83.5 cm³/mol. The molecule has 3 heteroatoms. The van der Waals surface area contributed by atoms with Crippen LogP contribution in [0.1, 0.15) is 31.1 Å². The van der Waals surface area contributed by atoms with Crippen molar-refractivity contribution in [2.24, 2.45) is 0 Å².